The first-order valence-corrected chi connectivity index (χ1v) is 2.77. The number of aliphatic carboxylic acids is 1. The summed E-state index contributed by atoms with van der Waals surface area (Å²) in [6.45, 7) is 0.450. The molecule has 0 saturated carbocycles. The van der Waals surface area contributed by atoms with Crippen LogP contribution in [0.1, 0.15) is 12.8 Å². The van der Waals surface area contributed by atoms with Crippen LogP contribution in [0.5, 0.6) is 0 Å². The second kappa shape index (κ2) is 4.29. The standard InChI is InChI=1S/C5H12N2O2/c6-3-1-2-4(7)5(8)9/h4H,1-3,6-7H2,(H,8,9)/t4-/m0/s1/i/hD2. The molecule has 54 valence electrons. The molecule has 0 aromatic carbocycles. The summed E-state index contributed by atoms with van der Waals surface area (Å²) in [7, 11) is 0. The number of carboxylic acid groups (broad SMARTS) is 1. The Kier molecular flexibility index (Phi) is 2.48. The van der Waals surface area contributed by atoms with Crippen molar-refractivity contribution in [3.8, 4) is 0 Å². The molecule has 1 atom stereocenters. The number of hydrogen-bond acceptors (Lipinski definition) is 3. The van der Waals surface area contributed by atoms with Gasteiger partial charge in [-0.1, -0.05) is 0 Å². The minimum atomic E-state index is -1.02. The van der Waals surface area contributed by atoms with Crippen molar-refractivity contribution in [1.29, 1.82) is 0 Å². The van der Waals surface area contributed by atoms with Crippen LogP contribution in [0, 0.1) is 0 Å². The molecule has 0 saturated heterocycles. The Labute approximate surface area is 56.8 Å². The van der Waals surface area contributed by atoms with Crippen molar-refractivity contribution in [3.63, 3.8) is 0 Å². The molecule has 0 aliphatic heterocycles. The van der Waals surface area contributed by atoms with Crippen molar-refractivity contribution < 1.29 is 12.7 Å². The first-order valence-electron chi connectivity index (χ1n) is 3.77. The molecule has 0 spiro atoms. The van der Waals surface area contributed by atoms with E-state index in [1.165, 1.54) is 0 Å². The van der Waals surface area contributed by atoms with E-state index in [4.69, 9.17) is 7.93 Å². The Balaban J connectivity index is 3.44. The third-order valence-corrected chi connectivity index (χ3v) is 0.968. The Bertz CT molecular complexity index is 123. The molecule has 0 aliphatic carbocycles. The fraction of sp³-hybridized carbons (Fsp3) is 0.800. The second-order valence-electron chi connectivity index (χ2n) is 1.78. The highest BCUT2D eigenvalue weighted by atomic mass is 16.4. The lowest BCUT2D eigenvalue weighted by molar-refractivity contribution is -0.138. The van der Waals surface area contributed by atoms with E-state index >= 15 is 0 Å². The van der Waals surface area contributed by atoms with E-state index in [2.05, 4.69) is 5.73 Å². The Hall–Kier alpha value is -0.610. The Morgan fingerprint density at radius 3 is 3.11 bits per heavy atom. The third kappa shape index (κ3) is 3.93. The fourth-order valence-electron chi connectivity index (χ4n) is 0.430. The zero-order valence-electron chi connectivity index (χ0n) is 7.05. The molecule has 4 nitrogen and oxygen atoms in total. The van der Waals surface area contributed by atoms with Gasteiger partial charge in [0, 0.05) is 0 Å². The predicted molar refractivity (Wildman–Crippen MR) is 33.9 cm³/mol. The molecule has 0 bridgehead atoms. The number of carboxylic acids is 1. The quantitative estimate of drug-likeness (QED) is 0.412. The van der Waals surface area contributed by atoms with E-state index in [1.54, 1.807) is 0 Å². The Morgan fingerprint density at radius 1 is 1.89 bits per heavy atom. The van der Waals surface area contributed by atoms with E-state index in [0.29, 0.717) is 19.4 Å². The summed E-state index contributed by atoms with van der Waals surface area (Å²) in [6, 6.07) is -0.816. The van der Waals surface area contributed by atoms with Crippen LogP contribution in [0.25, 0.3) is 0 Å². The SMILES string of the molecule is [2H]NCCC[C@H](N[2H])C(=O)O. The highest BCUT2D eigenvalue weighted by Gasteiger charge is 2.08. The molecule has 0 amide bonds. The van der Waals surface area contributed by atoms with Crippen LogP contribution in [-0.4, -0.2) is 23.7 Å². The van der Waals surface area contributed by atoms with E-state index in [1.807, 2.05) is 5.73 Å². The van der Waals surface area contributed by atoms with Crippen molar-refractivity contribution >= 4 is 5.97 Å². The van der Waals surface area contributed by atoms with Crippen LogP contribution in [0.4, 0.5) is 0 Å². The van der Waals surface area contributed by atoms with Gasteiger partial charge in [0.05, 0.1) is 0 Å². The summed E-state index contributed by atoms with van der Waals surface area (Å²) >= 11 is 0. The molecular weight excluding hydrogens is 120 g/mol. The van der Waals surface area contributed by atoms with Crippen molar-refractivity contribution in [2.24, 2.45) is 11.5 Å². The lowest BCUT2D eigenvalue weighted by Crippen LogP contribution is -2.30. The lowest BCUT2D eigenvalue weighted by atomic mass is 10.2. The summed E-state index contributed by atoms with van der Waals surface area (Å²) in [6.07, 6.45) is 0.942. The average Bonchev–Trinajstić information content (AvgIpc) is 1.97. The monoisotopic (exact) mass is 134 g/mol. The molecular formula is C5H12N2O2. The van der Waals surface area contributed by atoms with Gasteiger partial charge in [-0.25, -0.2) is 0 Å². The molecule has 9 heavy (non-hydrogen) atoms. The summed E-state index contributed by atoms with van der Waals surface area (Å²) in [4.78, 5) is 10.3. The molecule has 0 aromatic heterocycles. The first kappa shape index (κ1) is 5.20. The number of nitrogens with two attached hydrogens (primary N) is 2. The Morgan fingerprint density at radius 2 is 2.67 bits per heavy atom. The van der Waals surface area contributed by atoms with Crippen LogP contribution in [-0.2, 0) is 4.79 Å². The van der Waals surface area contributed by atoms with E-state index < -0.39 is 12.0 Å². The number of hydrogen-bond donors (Lipinski definition) is 3. The zero-order chi connectivity index (χ0) is 8.69. The van der Waals surface area contributed by atoms with Crippen molar-refractivity contribution in [1.82, 2.24) is 0 Å². The van der Waals surface area contributed by atoms with Crippen molar-refractivity contribution in [2.45, 2.75) is 18.9 Å². The highest BCUT2D eigenvalue weighted by molar-refractivity contribution is 5.72. The second-order valence-corrected chi connectivity index (χ2v) is 1.78. The van der Waals surface area contributed by atoms with Gasteiger partial charge >= 0.3 is 5.97 Å². The predicted octanol–water partition coefficient (Wildman–Crippen LogP) is -0.863. The molecule has 0 fully saturated rings. The maximum atomic E-state index is 10.3. The molecule has 0 heterocycles. The average molecular weight is 134 g/mol. The van der Waals surface area contributed by atoms with Crippen LogP contribution < -0.4 is 11.5 Å². The van der Waals surface area contributed by atoms with Crippen LogP contribution in [0.2, 0.25) is 2.82 Å². The highest BCUT2D eigenvalue weighted by Crippen LogP contribution is 1.91. The normalized spacial score (nSPS) is 16.0. The van der Waals surface area contributed by atoms with Gasteiger partial charge in [-0.3, -0.25) is 4.79 Å². The minimum Gasteiger partial charge on any atom is -0.480 e. The third-order valence-electron chi connectivity index (χ3n) is 0.968. The summed E-state index contributed by atoms with van der Waals surface area (Å²) in [5.74, 6) is -1.02. The van der Waals surface area contributed by atoms with Crippen LogP contribution in [0.15, 0.2) is 0 Å². The van der Waals surface area contributed by atoms with Crippen molar-refractivity contribution in [2.75, 3.05) is 6.54 Å². The van der Waals surface area contributed by atoms with Gasteiger partial charge < -0.3 is 16.6 Å². The maximum Gasteiger partial charge on any atom is 0.320 e. The zero-order valence-corrected chi connectivity index (χ0v) is 5.05. The van der Waals surface area contributed by atoms with Gasteiger partial charge in [0.15, 0.2) is 0 Å². The van der Waals surface area contributed by atoms with Crippen LogP contribution in [0.3, 0.4) is 0 Å². The lowest BCUT2D eigenvalue weighted by Gasteiger charge is -2.02. The van der Waals surface area contributed by atoms with E-state index in [0.717, 1.165) is 0 Å². The van der Waals surface area contributed by atoms with Gasteiger partial charge in [0.2, 0.25) is 0 Å². The molecule has 0 radical (unpaired) electrons. The van der Waals surface area contributed by atoms with Crippen LogP contribution >= 0.6 is 0 Å². The molecule has 0 aliphatic rings. The van der Waals surface area contributed by atoms with E-state index in [-0.39, 0.29) is 0 Å². The van der Waals surface area contributed by atoms with Gasteiger partial charge in [-0.2, -0.15) is 0 Å². The molecule has 5 N–H and O–H groups in total. The smallest absolute Gasteiger partial charge is 0.320 e. The first-order chi connectivity index (χ1) is 5.22. The largest absolute Gasteiger partial charge is 0.480 e. The summed E-state index contributed by atoms with van der Waals surface area (Å²) in [5.41, 5.74) is 4.08. The van der Waals surface area contributed by atoms with E-state index in [9.17, 15) is 4.79 Å². The van der Waals surface area contributed by atoms with Crippen molar-refractivity contribution in [3.05, 3.63) is 0 Å². The van der Waals surface area contributed by atoms with Gasteiger partial charge in [0.25, 0.3) is 0 Å². The molecule has 0 aromatic rings. The summed E-state index contributed by atoms with van der Waals surface area (Å²) in [5, 5.41) is 8.42. The number of carbonyl (C=O) groups is 1. The topological polar surface area (TPSA) is 89.3 Å². The minimum absolute atomic E-state index is 0.366. The van der Waals surface area contributed by atoms with Gasteiger partial charge in [0.1, 0.15) is 8.87 Å². The fourth-order valence-corrected chi connectivity index (χ4v) is 0.430. The molecule has 4 heteroatoms. The summed E-state index contributed by atoms with van der Waals surface area (Å²) < 4.78 is 13.2. The molecule has 0 rings (SSSR count). The number of rotatable bonds is 6. The van der Waals surface area contributed by atoms with Gasteiger partial charge in [-0.05, 0) is 19.4 Å². The molecule has 0 unspecified atom stereocenters. The van der Waals surface area contributed by atoms with Gasteiger partial charge in [-0.15, -0.1) is 0 Å². The maximum absolute atomic E-state index is 10.3.